The van der Waals surface area contributed by atoms with Gasteiger partial charge in [0.2, 0.25) is 0 Å². The average Bonchev–Trinajstić information content (AvgIpc) is 3.58. The SMILES string of the molecule is c1ccc(-c2cccc(N(c3ccc(-c4cccc(-c5cc6ccccc6o5)c4)cc3)c3ccccc3-c3ccccc3)c2)cc1. The van der Waals surface area contributed by atoms with Crippen LogP contribution >= 0.6 is 0 Å². The van der Waals surface area contributed by atoms with Crippen molar-refractivity contribution >= 4 is 28.0 Å². The molecule has 0 aliphatic heterocycles. The van der Waals surface area contributed by atoms with Gasteiger partial charge in [0.1, 0.15) is 11.3 Å². The van der Waals surface area contributed by atoms with Crippen LogP contribution in [0.15, 0.2) is 192 Å². The molecule has 218 valence electrons. The molecular weight excluding hydrogens is 558 g/mol. The highest BCUT2D eigenvalue weighted by Crippen LogP contribution is 2.42. The van der Waals surface area contributed by atoms with Crippen molar-refractivity contribution in [1.82, 2.24) is 0 Å². The van der Waals surface area contributed by atoms with E-state index in [4.69, 9.17) is 4.42 Å². The zero-order valence-electron chi connectivity index (χ0n) is 25.3. The minimum absolute atomic E-state index is 0.877. The van der Waals surface area contributed by atoms with Gasteiger partial charge in [-0.1, -0.05) is 140 Å². The molecule has 46 heavy (non-hydrogen) atoms. The number of fused-ring (bicyclic) bond motifs is 1. The molecule has 1 aromatic heterocycles. The van der Waals surface area contributed by atoms with Gasteiger partial charge in [-0.3, -0.25) is 0 Å². The largest absolute Gasteiger partial charge is 0.456 e. The molecule has 0 saturated carbocycles. The first kappa shape index (κ1) is 27.4. The number of furan rings is 1. The lowest BCUT2D eigenvalue weighted by Gasteiger charge is -2.28. The maximum absolute atomic E-state index is 6.18. The van der Waals surface area contributed by atoms with Crippen molar-refractivity contribution in [3.05, 3.63) is 188 Å². The number of anilines is 3. The maximum Gasteiger partial charge on any atom is 0.135 e. The van der Waals surface area contributed by atoms with Crippen LogP contribution in [-0.2, 0) is 0 Å². The van der Waals surface area contributed by atoms with Gasteiger partial charge in [-0.2, -0.15) is 0 Å². The van der Waals surface area contributed by atoms with Crippen molar-refractivity contribution < 1.29 is 4.42 Å². The molecule has 0 aliphatic carbocycles. The summed E-state index contributed by atoms with van der Waals surface area (Å²) in [6, 6.07) is 66.3. The Morgan fingerprint density at radius 3 is 1.72 bits per heavy atom. The summed E-state index contributed by atoms with van der Waals surface area (Å²) < 4.78 is 6.18. The van der Waals surface area contributed by atoms with Crippen LogP contribution in [0, 0.1) is 0 Å². The van der Waals surface area contributed by atoms with E-state index in [1.807, 2.05) is 18.2 Å². The van der Waals surface area contributed by atoms with Crippen LogP contribution in [0.2, 0.25) is 0 Å². The van der Waals surface area contributed by atoms with Crippen LogP contribution in [0.25, 0.3) is 55.7 Å². The quantitative estimate of drug-likeness (QED) is 0.184. The van der Waals surface area contributed by atoms with Gasteiger partial charge in [0, 0.05) is 27.9 Å². The van der Waals surface area contributed by atoms with Gasteiger partial charge < -0.3 is 9.32 Å². The van der Waals surface area contributed by atoms with Gasteiger partial charge in [0.15, 0.2) is 0 Å². The second-order valence-electron chi connectivity index (χ2n) is 11.4. The van der Waals surface area contributed by atoms with E-state index in [9.17, 15) is 0 Å². The van der Waals surface area contributed by atoms with Crippen LogP contribution in [-0.4, -0.2) is 0 Å². The normalized spacial score (nSPS) is 11.0. The molecule has 0 radical (unpaired) electrons. The van der Waals surface area contributed by atoms with Crippen molar-refractivity contribution in [3.63, 3.8) is 0 Å². The fraction of sp³-hybridized carbons (Fsp3) is 0. The fourth-order valence-corrected chi connectivity index (χ4v) is 6.19. The number of rotatable bonds is 7. The summed E-state index contributed by atoms with van der Waals surface area (Å²) in [5.41, 5.74) is 12.3. The summed E-state index contributed by atoms with van der Waals surface area (Å²) in [5.74, 6) is 0.877. The second-order valence-corrected chi connectivity index (χ2v) is 11.4. The molecule has 1 heterocycles. The molecule has 0 spiro atoms. The molecule has 0 amide bonds. The van der Waals surface area contributed by atoms with Gasteiger partial charge in [-0.15, -0.1) is 0 Å². The zero-order valence-corrected chi connectivity index (χ0v) is 25.3. The smallest absolute Gasteiger partial charge is 0.135 e. The first-order valence-electron chi connectivity index (χ1n) is 15.6. The molecule has 8 aromatic rings. The van der Waals surface area contributed by atoms with E-state index in [1.54, 1.807) is 0 Å². The van der Waals surface area contributed by atoms with Crippen molar-refractivity contribution in [2.45, 2.75) is 0 Å². The van der Waals surface area contributed by atoms with Crippen LogP contribution in [0.3, 0.4) is 0 Å². The minimum Gasteiger partial charge on any atom is -0.456 e. The number of hydrogen-bond acceptors (Lipinski definition) is 2. The molecule has 0 N–H and O–H groups in total. The Morgan fingerprint density at radius 1 is 0.348 bits per heavy atom. The van der Waals surface area contributed by atoms with Gasteiger partial charge in [-0.25, -0.2) is 0 Å². The molecule has 0 bridgehead atoms. The number of nitrogens with zero attached hydrogens (tertiary/aromatic N) is 1. The number of para-hydroxylation sites is 2. The minimum atomic E-state index is 0.877. The lowest BCUT2D eigenvalue weighted by Crippen LogP contribution is -2.11. The third kappa shape index (κ3) is 5.38. The third-order valence-electron chi connectivity index (χ3n) is 8.47. The van der Waals surface area contributed by atoms with Crippen LogP contribution in [0.5, 0.6) is 0 Å². The first-order chi connectivity index (χ1) is 22.8. The zero-order chi connectivity index (χ0) is 30.7. The number of hydrogen-bond donors (Lipinski definition) is 0. The summed E-state index contributed by atoms with van der Waals surface area (Å²) in [6.45, 7) is 0. The Hall–Kier alpha value is -6.12. The van der Waals surface area contributed by atoms with Crippen molar-refractivity contribution in [3.8, 4) is 44.7 Å². The molecule has 0 unspecified atom stereocenters. The molecule has 0 saturated heterocycles. The van der Waals surface area contributed by atoms with E-state index in [0.717, 1.165) is 50.5 Å². The second kappa shape index (κ2) is 12.1. The molecular formula is C44H31NO. The molecule has 0 aliphatic rings. The molecule has 2 heteroatoms. The van der Waals surface area contributed by atoms with E-state index in [-0.39, 0.29) is 0 Å². The Bertz CT molecular complexity index is 2220. The van der Waals surface area contributed by atoms with Crippen LogP contribution < -0.4 is 4.90 Å². The molecule has 0 atom stereocenters. The van der Waals surface area contributed by atoms with E-state index in [2.05, 4.69) is 175 Å². The highest BCUT2D eigenvalue weighted by Gasteiger charge is 2.18. The van der Waals surface area contributed by atoms with Crippen molar-refractivity contribution in [1.29, 1.82) is 0 Å². The predicted molar refractivity (Wildman–Crippen MR) is 193 cm³/mol. The Balaban J connectivity index is 1.21. The van der Waals surface area contributed by atoms with Gasteiger partial charge >= 0.3 is 0 Å². The average molecular weight is 590 g/mol. The van der Waals surface area contributed by atoms with Crippen molar-refractivity contribution in [2.24, 2.45) is 0 Å². The van der Waals surface area contributed by atoms with Gasteiger partial charge in [-0.05, 0) is 76.3 Å². The Kier molecular flexibility index (Phi) is 7.22. The van der Waals surface area contributed by atoms with Gasteiger partial charge in [0.05, 0.1) is 5.69 Å². The van der Waals surface area contributed by atoms with Crippen molar-refractivity contribution in [2.75, 3.05) is 4.90 Å². The standard InChI is InChI=1S/C44H31NO/c1-3-13-32(14-4-1)36-19-12-21-40(30-36)45(42-23-9-8-22-41(42)34-15-5-2-6-16-34)39-27-25-33(26-28-39)35-18-11-20-37(29-35)44-31-38-17-7-10-24-43(38)46-44/h1-31H. The van der Waals surface area contributed by atoms with E-state index in [0.29, 0.717) is 0 Å². The summed E-state index contributed by atoms with van der Waals surface area (Å²) in [5, 5.41) is 1.11. The maximum atomic E-state index is 6.18. The lowest BCUT2D eigenvalue weighted by atomic mass is 9.99. The fourth-order valence-electron chi connectivity index (χ4n) is 6.19. The van der Waals surface area contributed by atoms with Crippen LogP contribution in [0.4, 0.5) is 17.1 Å². The highest BCUT2D eigenvalue weighted by molar-refractivity contribution is 5.90. The topological polar surface area (TPSA) is 16.4 Å². The first-order valence-corrected chi connectivity index (χ1v) is 15.6. The summed E-state index contributed by atoms with van der Waals surface area (Å²) in [6.07, 6.45) is 0. The summed E-state index contributed by atoms with van der Waals surface area (Å²) in [4.78, 5) is 2.36. The molecule has 8 rings (SSSR count). The summed E-state index contributed by atoms with van der Waals surface area (Å²) in [7, 11) is 0. The number of benzene rings is 7. The molecule has 2 nitrogen and oxygen atoms in total. The highest BCUT2D eigenvalue weighted by atomic mass is 16.3. The monoisotopic (exact) mass is 589 g/mol. The molecule has 7 aromatic carbocycles. The Morgan fingerprint density at radius 2 is 0.935 bits per heavy atom. The lowest BCUT2D eigenvalue weighted by molar-refractivity contribution is 0.631. The molecule has 0 fully saturated rings. The van der Waals surface area contributed by atoms with Gasteiger partial charge in [0.25, 0.3) is 0 Å². The van der Waals surface area contributed by atoms with E-state index < -0.39 is 0 Å². The van der Waals surface area contributed by atoms with E-state index >= 15 is 0 Å². The predicted octanol–water partition coefficient (Wildman–Crippen LogP) is 12.6. The van der Waals surface area contributed by atoms with Crippen LogP contribution in [0.1, 0.15) is 0 Å². The Labute approximate surface area is 269 Å². The van der Waals surface area contributed by atoms with E-state index in [1.165, 1.54) is 22.3 Å². The summed E-state index contributed by atoms with van der Waals surface area (Å²) >= 11 is 0. The third-order valence-corrected chi connectivity index (χ3v) is 8.47.